The molecule has 0 fully saturated rings. The highest BCUT2D eigenvalue weighted by Crippen LogP contribution is 2.33. The van der Waals surface area contributed by atoms with E-state index in [1.54, 1.807) is 11.3 Å². The number of fused-ring (bicyclic) bond motifs is 1. The van der Waals surface area contributed by atoms with Gasteiger partial charge in [0, 0.05) is 4.88 Å². The molecule has 4 heteroatoms. The lowest BCUT2D eigenvalue weighted by Crippen LogP contribution is -1.89. The fourth-order valence-electron chi connectivity index (χ4n) is 1.62. The number of nitrogen functional groups attached to an aromatic ring is 1. The number of rotatable bonds is 1. The Morgan fingerprint density at radius 1 is 1.06 bits per heavy atom. The van der Waals surface area contributed by atoms with Crippen molar-refractivity contribution in [1.29, 1.82) is 0 Å². The minimum atomic E-state index is 0.545. The highest BCUT2D eigenvalue weighted by atomic mass is 32.1. The molecule has 0 spiro atoms. The van der Waals surface area contributed by atoms with Crippen molar-refractivity contribution < 1.29 is 0 Å². The average molecular weight is 227 g/mol. The molecule has 3 nitrogen and oxygen atoms in total. The van der Waals surface area contributed by atoms with Gasteiger partial charge in [0.2, 0.25) is 0 Å². The number of hydrogen-bond acceptors (Lipinski definition) is 4. The van der Waals surface area contributed by atoms with Gasteiger partial charge in [-0.2, -0.15) is 0 Å². The molecule has 0 atom stereocenters. The van der Waals surface area contributed by atoms with Gasteiger partial charge in [0.25, 0.3) is 0 Å². The standard InChI is InChI=1S/C12H9N3S/c13-11-9-6-10(8-4-2-1-3-5-8)16-12(9)15-7-14-11/h1-7H,(H2,13,14,15). The third-order valence-electron chi connectivity index (χ3n) is 2.42. The number of nitrogens with zero attached hydrogens (tertiary/aromatic N) is 2. The van der Waals surface area contributed by atoms with Crippen LogP contribution in [0.2, 0.25) is 0 Å². The first-order valence-electron chi connectivity index (χ1n) is 4.90. The Morgan fingerprint density at radius 2 is 1.88 bits per heavy atom. The van der Waals surface area contributed by atoms with Crippen molar-refractivity contribution >= 4 is 27.4 Å². The normalized spacial score (nSPS) is 10.8. The van der Waals surface area contributed by atoms with Gasteiger partial charge < -0.3 is 5.73 Å². The molecule has 3 rings (SSSR count). The SMILES string of the molecule is Nc1ncnc2sc(-c3ccccc3)cc12. The van der Waals surface area contributed by atoms with E-state index in [2.05, 4.69) is 22.1 Å². The summed E-state index contributed by atoms with van der Waals surface area (Å²) < 4.78 is 0. The van der Waals surface area contributed by atoms with Gasteiger partial charge >= 0.3 is 0 Å². The van der Waals surface area contributed by atoms with Crippen molar-refractivity contribution in [2.75, 3.05) is 5.73 Å². The summed E-state index contributed by atoms with van der Waals surface area (Å²) in [6, 6.07) is 12.3. The summed E-state index contributed by atoms with van der Waals surface area (Å²) in [4.78, 5) is 10.3. The van der Waals surface area contributed by atoms with Crippen molar-refractivity contribution in [1.82, 2.24) is 9.97 Å². The monoisotopic (exact) mass is 227 g/mol. The van der Waals surface area contributed by atoms with Gasteiger partial charge in [-0.05, 0) is 11.6 Å². The lowest BCUT2D eigenvalue weighted by molar-refractivity contribution is 1.24. The van der Waals surface area contributed by atoms with Crippen LogP contribution in [0.25, 0.3) is 20.7 Å². The smallest absolute Gasteiger partial charge is 0.135 e. The van der Waals surface area contributed by atoms with Crippen LogP contribution in [0.15, 0.2) is 42.7 Å². The second kappa shape index (κ2) is 3.57. The van der Waals surface area contributed by atoms with Gasteiger partial charge in [-0.25, -0.2) is 9.97 Å². The number of benzene rings is 1. The predicted octanol–water partition coefficient (Wildman–Crippen LogP) is 2.94. The first kappa shape index (κ1) is 9.30. The summed E-state index contributed by atoms with van der Waals surface area (Å²) >= 11 is 1.63. The number of hydrogen-bond donors (Lipinski definition) is 1. The second-order valence-electron chi connectivity index (χ2n) is 3.45. The van der Waals surface area contributed by atoms with Crippen LogP contribution in [0.5, 0.6) is 0 Å². The van der Waals surface area contributed by atoms with E-state index in [4.69, 9.17) is 5.73 Å². The molecule has 0 saturated heterocycles. The summed E-state index contributed by atoms with van der Waals surface area (Å²) in [6.07, 6.45) is 1.50. The van der Waals surface area contributed by atoms with Gasteiger partial charge in [0.1, 0.15) is 17.0 Å². The molecule has 0 amide bonds. The number of thiophene rings is 1. The van der Waals surface area contributed by atoms with E-state index < -0.39 is 0 Å². The van der Waals surface area contributed by atoms with Crippen LogP contribution in [-0.2, 0) is 0 Å². The quantitative estimate of drug-likeness (QED) is 0.695. The Kier molecular flexibility index (Phi) is 2.08. The third-order valence-corrected chi connectivity index (χ3v) is 3.51. The van der Waals surface area contributed by atoms with Gasteiger partial charge in [-0.15, -0.1) is 11.3 Å². The fraction of sp³-hybridized carbons (Fsp3) is 0. The van der Waals surface area contributed by atoms with E-state index in [1.807, 2.05) is 24.3 Å². The Labute approximate surface area is 96.6 Å². The topological polar surface area (TPSA) is 51.8 Å². The van der Waals surface area contributed by atoms with E-state index in [-0.39, 0.29) is 0 Å². The molecule has 0 bridgehead atoms. The summed E-state index contributed by atoms with van der Waals surface area (Å²) in [5.41, 5.74) is 6.99. The molecular formula is C12H9N3S. The Morgan fingerprint density at radius 3 is 2.62 bits per heavy atom. The highest BCUT2D eigenvalue weighted by molar-refractivity contribution is 7.21. The Bertz CT molecular complexity index is 631. The van der Waals surface area contributed by atoms with E-state index in [1.165, 1.54) is 16.8 Å². The Balaban J connectivity index is 2.23. The summed E-state index contributed by atoms with van der Waals surface area (Å²) in [5, 5.41) is 0.936. The van der Waals surface area contributed by atoms with Gasteiger partial charge in [-0.1, -0.05) is 30.3 Å². The molecule has 3 aromatic rings. The minimum absolute atomic E-state index is 0.545. The minimum Gasteiger partial charge on any atom is -0.383 e. The van der Waals surface area contributed by atoms with Crippen molar-refractivity contribution in [3.8, 4) is 10.4 Å². The van der Waals surface area contributed by atoms with Crippen molar-refractivity contribution in [2.45, 2.75) is 0 Å². The van der Waals surface area contributed by atoms with Crippen LogP contribution in [0, 0.1) is 0 Å². The first-order valence-corrected chi connectivity index (χ1v) is 5.72. The van der Waals surface area contributed by atoms with Crippen LogP contribution in [0.1, 0.15) is 0 Å². The van der Waals surface area contributed by atoms with Gasteiger partial charge in [-0.3, -0.25) is 0 Å². The van der Waals surface area contributed by atoms with Crippen LogP contribution in [0.4, 0.5) is 5.82 Å². The maximum Gasteiger partial charge on any atom is 0.135 e. The largest absolute Gasteiger partial charge is 0.383 e. The zero-order chi connectivity index (χ0) is 11.0. The number of anilines is 1. The van der Waals surface area contributed by atoms with E-state index in [0.717, 1.165) is 10.2 Å². The van der Waals surface area contributed by atoms with E-state index >= 15 is 0 Å². The maximum absolute atomic E-state index is 5.80. The molecular weight excluding hydrogens is 218 g/mol. The molecule has 0 unspecified atom stereocenters. The molecule has 2 heterocycles. The molecule has 78 valence electrons. The average Bonchev–Trinajstić information content (AvgIpc) is 2.76. The molecule has 2 aromatic heterocycles. The van der Waals surface area contributed by atoms with Gasteiger partial charge in [0.15, 0.2) is 0 Å². The fourth-order valence-corrected chi connectivity index (χ4v) is 2.63. The van der Waals surface area contributed by atoms with Crippen molar-refractivity contribution in [2.24, 2.45) is 0 Å². The van der Waals surface area contributed by atoms with E-state index in [0.29, 0.717) is 5.82 Å². The van der Waals surface area contributed by atoms with Gasteiger partial charge in [0.05, 0.1) is 5.39 Å². The maximum atomic E-state index is 5.80. The van der Waals surface area contributed by atoms with Crippen LogP contribution in [0.3, 0.4) is 0 Å². The van der Waals surface area contributed by atoms with Crippen LogP contribution in [-0.4, -0.2) is 9.97 Å². The Hall–Kier alpha value is -1.94. The van der Waals surface area contributed by atoms with Crippen molar-refractivity contribution in [3.05, 3.63) is 42.7 Å². The molecule has 16 heavy (non-hydrogen) atoms. The molecule has 0 aliphatic carbocycles. The summed E-state index contributed by atoms with van der Waals surface area (Å²) in [5.74, 6) is 0.545. The predicted molar refractivity (Wildman–Crippen MR) is 67.3 cm³/mol. The number of aromatic nitrogens is 2. The zero-order valence-corrected chi connectivity index (χ0v) is 9.24. The second-order valence-corrected chi connectivity index (χ2v) is 4.49. The summed E-state index contributed by atoms with van der Waals surface area (Å²) in [7, 11) is 0. The molecule has 0 radical (unpaired) electrons. The lowest BCUT2D eigenvalue weighted by Gasteiger charge is -1.93. The molecule has 2 N–H and O–H groups in total. The highest BCUT2D eigenvalue weighted by Gasteiger charge is 2.07. The molecule has 0 saturated carbocycles. The zero-order valence-electron chi connectivity index (χ0n) is 8.42. The summed E-state index contributed by atoms with van der Waals surface area (Å²) in [6.45, 7) is 0. The van der Waals surface area contributed by atoms with Crippen molar-refractivity contribution in [3.63, 3.8) is 0 Å². The van der Waals surface area contributed by atoms with Crippen LogP contribution >= 0.6 is 11.3 Å². The first-order chi connectivity index (χ1) is 7.84. The molecule has 0 aliphatic rings. The number of nitrogens with two attached hydrogens (primary N) is 1. The lowest BCUT2D eigenvalue weighted by atomic mass is 10.2. The third kappa shape index (κ3) is 1.44. The molecule has 0 aliphatic heterocycles. The molecule has 1 aromatic carbocycles. The van der Waals surface area contributed by atoms with E-state index in [9.17, 15) is 0 Å². The van der Waals surface area contributed by atoms with Crippen LogP contribution < -0.4 is 5.73 Å².